The summed E-state index contributed by atoms with van der Waals surface area (Å²) in [6, 6.07) is 0.250. The minimum absolute atomic E-state index is 0.00876. The van der Waals surface area contributed by atoms with Crippen LogP contribution in [0.4, 0.5) is 13.2 Å². The van der Waals surface area contributed by atoms with Crippen molar-refractivity contribution in [3.05, 3.63) is 11.6 Å². The Balaban J connectivity index is 1.80. The van der Waals surface area contributed by atoms with Gasteiger partial charge in [-0.3, -0.25) is 4.79 Å². The second kappa shape index (κ2) is 6.06. The monoisotopic (exact) mass is 343 g/mol. The third kappa shape index (κ3) is 2.99. The Labute approximate surface area is 142 Å². The molecule has 3 aliphatic rings. The Morgan fingerprint density at radius 1 is 1.33 bits per heavy atom. The van der Waals surface area contributed by atoms with E-state index in [1.807, 2.05) is 11.9 Å². The first-order chi connectivity index (χ1) is 11.1. The molecule has 1 aliphatic heterocycles. The van der Waals surface area contributed by atoms with Gasteiger partial charge in [-0.1, -0.05) is 25.5 Å². The summed E-state index contributed by atoms with van der Waals surface area (Å²) in [5.41, 5.74) is 1.43. The summed E-state index contributed by atoms with van der Waals surface area (Å²) in [7, 11) is 1.91. The third-order valence-electron chi connectivity index (χ3n) is 7.08. The lowest BCUT2D eigenvalue weighted by Gasteiger charge is -2.56. The number of likely N-dealkylation sites (tertiary alicyclic amines) is 1. The van der Waals surface area contributed by atoms with E-state index in [9.17, 15) is 18.0 Å². The highest BCUT2D eigenvalue weighted by Gasteiger charge is 2.52. The van der Waals surface area contributed by atoms with E-state index in [1.165, 1.54) is 5.57 Å². The molecule has 136 valence electrons. The molecule has 3 rings (SSSR count). The van der Waals surface area contributed by atoms with Gasteiger partial charge in [-0.25, -0.2) is 0 Å². The summed E-state index contributed by atoms with van der Waals surface area (Å²) in [5, 5.41) is 0. The molecule has 0 aromatic carbocycles. The van der Waals surface area contributed by atoms with Crippen molar-refractivity contribution in [3.63, 3.8) is 0 Å². The molecule has 1 saturated carbocycles. The van der Waals surface area contributed by atoms with Gasteiger partial charge in [-0.05, 0) is 49.9 Å². The minimum atomic E-state index is -4.06. The maximum absolute atomic E-state index is 12.6. The lowest BCUT2D eigenvalue weighted by molar-refractivity contribution is -0.141. The second-order valence-corrected chi connectivity index (χ2v) is 8.29. The van der Waals surface area contributed by atoms with Crippen molar-refractivity contribution in [2.24, 2.45) is 23.2 Å². The van der Waals surface area contributed by atoms with E-state index in [0.29, 0.717) is 18.3 Å². The van der Waals surface area contributed by atoms with E-state index < -0.39 is 12.6 Å². The summed E-state index contributed by atoms with van der Waals surface area (Å²) in [4.78, 5) is 14.0. The fourth-order valence-electron chi connectivity index (χ4n) is 5.56. The lowest BCUT2D eigenvalue weighted by Crippen LogP contribution is -2.56. The molecule has 0 radical (unpaired) electrons. The number of carbonyl (C=O) groups is 1. The Morgan fingerprint density at radius 3 is 2.71 bits per heavy atom. The van der Waals surface area contributed by atoms with E-state index in [4.69, 9.17) is 0 Å². The van der Waals surface area contributed by atoms with Gasteiger partial charge in [0.05, 0.1) is 0 Å². The molecule has 0 aromatic rings. The highest BCUT2D eigenvalue weighted by atomic mass is 19.4. The summed E-state index contributed by atoms with van der Waals surface area (Å²) in [6.45, 7) is 4.40. The first-order valence-electron chi connectivity index (χ1n) is 9.16. The van der Waals surface area contributed by atoms with Crippen LogP contribution in [0.25, 0.3) is 0 Å². The molecule has 1 saturated heterocycles. The molecule has 2 unspecified atom stereocenters. The van der Waals surface area contributed by atoms with Crippen molar-refractivity contribution in [1.29, 1.82) is 0 Å². The van der Waals surface area contributed by atoms with Crippen molar-refractivity contribution < 1.29 is 18.0 Å². The van der Waals surface area contributed by atoms with Crippen LogP contribution in [-0.2, 0) is 4.79 Å². The van der Waals surface area contributed by atoms with Gasteiger partial charge in [0.25, 0.3) is 0 Å². The largest absolute Gasteiger partial charge is 0.389 e. The Hall–Kier alpha value is -1.00. The fraction of sp³-hybridized carbons (Fsp3) is 0.842. The van der Waals surface area contributed by atoms with Gasteiger partial charge in [0.2, 0.25) is 5.91 Å². The van der Waals surface area contributed by atoms with Crippen LogP contribution in [0.15, 0.2) is 11.6 Å². The van der Waals surface area contributed by atoms with Gasteiger partial charge in [-0.15, -0.1) is 0 Å². The number of hydrogen-bond donors (Lipinski definition) is 0. The Bertz CT molecular complexity index is 541. The number of hydrogen-bond acceptors (Lipinski definition) is 1. The summed E-state index contributed by atoms with van der Waals surface area (Å²) in [5.74, 6) is 1.04. The minimum Gasteiger partial charge on any atom is -0.342 e. The van der Waals surface area contributed by atoms with Crippen LogP contribution in [0.3, 0.4) is 0 Å². The van der Waals surface area contributed by atoms with Crippen molar-refractivity contribution in [2.75, 3.05) is 7.05 Å². The average Bonchev–Trinajstić information content (AvgIpc) is 2.50. The molecule has 1 heterocycles. The number of amides is 1. The van der Waals surface area contributed by atoms with Gasteiger partial charge in [0.15, 0.2) is 0 Å². The third-order valence-corrected chi connectivity index (χ3v) is 7.08. The SMILES string of the molecule is CC1C(CCC(F)(F)F)CC=C2[C@@H]1CC[C@@H]1N(C)C(=O)CC[C@@]21C. The van der Waals surface area contributed by atoms with Crippen molar-refractivity contribution in [2.45, 2.75) is 71.0 Å². The van der Waals surface area contributed by atoms with Crippen LogP contribution >= 0.6 is 0 Å². The van der Waals surface area contributed by atoms with Gasteiger partial charge >= 0.3 is 6.18 Å². The Kier molecular flexibility index (Phi) is 4.50. The topological polar surface area (TPSA) is 20.3 Å². The zero-order valence-electron chi connectivity index (χ0n) is 14.8. The number of fused-ring (bicyclic) bond motifs is 3. The van der Waals surface area contributed by atoms with Crippen LogP contribution in [0, 0.1) is 23.2 Å². The fourth-order valence-corrected chi connectivity index (χ4v) is 5.56. The maximum atomic E-state index is 12.6. The van der Waals surface area contributed by atoms with Crippen LogP contribution in [0.5, 0.6) is 0 Å². The molecule has 2 aliphatic carbocycles. The molecular formula is C19H28F3NO. The Morgan fingerprint density at radius 2 is 2.04 bits per heavy atom. The molecule has 5 atom stereocenters. The van der Waals surface area contributed by atoms with Crippen LogP contribution in [-0.4, -0.2) is 30.1 Å². The maximum Gasteiger partial charge on any atom is 0.389 e. The predicted molar refractivity (Wildman–Crippen MR) is 87.3 cm³/mol. The van der Waals surface area contributed by atoms with E-state index in [-0.39, 0.29) is 29.7 Å². The summed E-state index contributed by atoms with van der Waals surface area (Å²) in [6.07, 6.45) is 1.93. The number of allylic oxidation sites excluding steroid dienone is 1. The average molecular weight is 343 g/mol. The first kappa shape index (κ1) is 17.8. The number of halogens is 3. The zero-order valence-corrected chi connectivity index (χ0v) is 14.8. The molecule has 2 nitrogen and oxygen atoms in total. The number of rotatable bonds is 2. The molecule has 0 N–H and O–H groups in total. The molecule has 5 heteroatoms. The van der Waals surface area contributed by atoms with E-state index >= 15 is 0 Å². The molecule has 24 heavy (non-hydrogen) atoms. The van der Waals surface area contributed by atoms with Gasteiger partial charge < -0.3 is 4.90 Å². The number of carbonyl (C=O) groups excluding carboxylic acids is 1. The number of alkyl halides is 3. The summed E-state index contributed by atoms with van der Waals surface area (Å²) >= 11 is 0. The quantitative estimate of drug-likeness (QED) is 0.650. The zero-order chi connectivity index (χ0) is 17.7. The molecular weight excluding hydrogens is 315 g/mol. The lowest BCUT2D eigenvalue weighted by atomic mass is 9.54. The van der Waals surface area contributed by atoms with Crippen LogP contribution < -0.4 is 0 Å². The van der Waals surface area contributed by atoms with E-state index in [0.717, 1.165) is 25.7 Å². The van der Waals surface area contributed by atoms with Gasteiger partial charge in [-0.2, -0.15) is 13.2 Å². The predicted octanol–water partition coefficient (Wildman–Crippen LogP) is 4.95. The first-order valence-corrected chi connectivity index (χ1v) is 9.16. The molecule has 0 spiro atoms. The van der Waals surface area contributed by atoms with Crippen LogP contribution in [0.1, 0.15) is 58.8 Å². The highest BCUT2D eigenvalue weighted by molar-refractivity contribution is 5.77. The number of nitrogens with zero attached hydrogens (tertiary/aromatic N) is 1. The van der Waals surface area contributed by atoms with Crippen molar-refractivity contribution in [3.8, 4) is 0 Å². The van der Waals surface area contributed by atoms with Crippen molar-refractivity contribution in [1.82, 2.24) is 4.90 Å². The summed E-state index contributed by atoms with van der Waals surface area (Å²) < 4.78 is 37.7. The van der Waals surface area contributed by atoms with Crippen LogP contribution in [0.2, 0.25) is 0 Å². The molecule has 0 aromatic heterocycles. The smallest absolute Gasteiger partial charge is 0.342 e. The normalized spacial score (nSPS) is 40.0. The van der Waals surface area contributed by atoms with Crippen molar-refractivity contribution >= 4 is 5.91 Å². The second-order valence-electron chi connectivity index (χ2n) is 8.29. The van der Waals surface area contributed by atoms with Gasteiger partial charge in [0, 0.05) is 31.3 Å². The number of piperidine rings is 1. The van der Waals surface area contributed by atoms with E-state index in [1.54, 1.807) is 0 Å². The van der Waals surface area contributed by atoms with E-state index in [2.05, 4.69) is 19.9 Å². The molecule has 1 amide bonds. The van der Waals surface area contributed by atoms with Gasteiger partial charge in [0.1, 0.15) is 0 Å². The molecule has 2 fully saturated rings. The standard InChI is InChI=1S/C19H28F3NO/c1-12-13(8-11-19(20,21)22)4-6-15-14(12)5-7-16-18(15,2)10-9-17(24)23(16)3/h6,12-14,16H,4-5,7-11H2,1-3H3/t12?,13?,14-,16+,18+/m1/s1. The highest BCUT2D eigenvalue weighted by Crippen LogP contribution is 2.56. The molecule has 0 bridgehead atoms.